The third-order valence-electron chi connectivity index (χ3n) is 5.50. The van der Waals surface area contributed by atoms with Gasteiger partial charge in [0.25, 0.3) is 0 Å². The van der Waals surface area contributed by atoms with E-state index in [1.54, 1.807) is 0 Å². The Hall–Kier alpha value is -0.570. The molecular weight excluding hydrogens is 280 g/mol. The minimum atomic E-state index is -0.0147. The molecule has 0 radical (unpaired) electrons. The number of benzene rings is 1. The summed E-state index contributed by atoms with van der Waals surface area (Å²) in [5.41, 5.74) is 1.25. The van der Waals surface area contributed by atoms with Crippen LogP contribution in [0.1, 0.15) is 56.9 Å². The summed E-state index contributed by atoms with van der Waals surface area (Å²) >= 11 is 6.54. The first kappa shape index (κ1) is 15.3. The molecule has 2 atom stereocenters. The van der Waals surface area contributed by atoms with E-state index in [1.165, 1.54) is 50.5 Å². The molecule has 2 nitrogen and oxygen atoms in total. The third kappa shape index (κ3) is 2.99. The summed E-state index contributed by atoms with van der Waals surface area (Å²) in [6, 6.07) is 9.55. The first-order chi connectivity index (χ1) is 10.3. The van der Waals surface area contributed by atoms with Crippen molar-refractivity contribution in [1.29, 1.82) is 0 Å². The summed E-state index contributed by atoms with van der Waals surface area (Å²) in [5.74, 6) is 0. The van der Waals surface area contributed by atoms with Crippen molar-refractivity contribution in [1.82, 2.24) is 10.6 Å². The molecule has 3 heteroatoms. The van der Waals surface area contributed by atoms with Gasteiger partial charge in [0.15, 0.2) is 0 Å². The van der Waals surface area contributed by atoms with Gasteiger partial charge in [-0.1, -0.05) is 55.5 Å². The van der Waals surface area contributed by atoms with Crippen molar-refractivity contribution in [3.05, 3.63) is 34.9 Å². The second-order valence-electron chi connectivity index (χ2n) is 6.65. The highest BCUT2D eigenvalue weighted by Crippen LogP contribution is 2.40. The Labute approximate surface area is 133 Å². The predicted octanol–water partition coefficient (Wildman–Crippen LogP) is 4.23. The Morgan fingerprint density at radius 1 is 1.05 bits per heavy atom. The molecule has 1 aromatic carbocycles. The Kier molecular flexibility index (Phi) is 4.88. The molecule has 2 N–H and O–H groups in total. The lowest BCUT2D eigenvalue weighted by atomic mass is 9.72. The van der Waals surface area contributed by atoms with Gasteiger partial charge in [0.1, 0.15) is 0 Å². The lowest BCUT2D eigenvalue weighted by Gasteiger charge is -2.46. The highest BCUT2D eigenvalue weighted by Gasteiger charge is 2.42. The molecule has 0 aliphatic heterocycles. The molecule has 0 spiro atoms. The Balaban J connectivity index is 1.90. The van der Waals surface area contributed by atoms with Crippen LogP contribution in [0, 0.1) is 0 Å². The van der Waals surface area contributed by atoms with Crippen LogP contribution < -0.4 is 10.6 Å². The number of rotatable bonds is 4. The van der Waals surface area contributed by atoms with E-state index < -0.39 is 0 Å². The van der Waals surface area contributed by atoms with Crippen LogP contribution in [-0.4, -0.2) is 19.1 Å². The fraction of sp³-hybridized carbons (Fsp3) is 0.667. The molecule has 2 saturated carbocycles. The number of likely N-dealkylation sites (N-methyl/N-ethyl adjacent to an activating group) is 1. The highest BCUT2D eigenvalue weighted by molar-refractivity contribution is 6.31. The Morgan fingerprint density at radius 2 is 1.76 bits per heavy atom. The summed E-state index contributed by atoms with van der Waals surface area (Å²) in [5, 5.41) is 8.51. The molecule has 0 heterocycles. The zero-order valence-corrected chi connectivity index (χ0v) is 13.8. The first-order valence-corrected chi connectivity index (χ1v) is 8.84. The van der Waals surface area contributed by atoms with Gasteiger partial charge in [-0.2, -0.15) is 0 Å². The first-order valence-electron chi connectivity index (χ1n) is 8.46. The number of hydrogen-bond donors (Lipinski definition) is 2. The van der Waals surface area contributed by atoms with E-state index in [0.29, 0.717) is 12.1 Å². The van der Waals surface area contributed by atoms with Crippen LogP contribution in [0.2, 0.25) is 5.02 Å². The summed E-state index contributed by atoms with van der Waals surface area (Å²) < 4.78 is 0. The largest absolute Gasteiger partial charge is 0.309 e. The fourth-order valence-corrected chi connectivity index (χ4v) is 4.66. The van der Waals surface area contributed by atoms with Crippen molar-refractivity contribution in [2.24, 2.45) is 0 Å². The van der Waals surface area contributed by atoms with Crippen LogP contribution >= 0.6 is 11.6 Å². The lowest BCUT2D eigenvalue weighted by Crippen LogP contribution is -2.59. The number of hydrogen-bond acceptors (Lipinski definition) is 2. The van der Waals surface area contributed by atoms with Gasteiger partial charge in [-0.05, 0) is 44.4 Å². The Bertz CT molecular complexity index is 470. The highest BCUT2D eigenvalue weighted by atomic mass is 35.5. The van der Waals surface area contributed by atoms with Gasteiger partial charge >= 0.3 is 0 Å². The molecule has 0 bridgehead atoms. The summed E-state index contributed by atoms with van der Waals surface area (Å²) in [6.07, 6.45) is 10.4. The minimum absolute atomic E-state index is 0.0147. The van der Waals surface area contributed by atoms with Crippen LogP contribution in [0.4, 0.5) is 0 Å². The van der Waals surface area contributed by atoms with E-state index >= 15 is 0 Å². The average Bonchev–Trinajstić information content (AvgIpc) is 3.02. The van der Waals surface area contributed by atoms with Gasteiger partial charge in [0, 0.05) is 17.1 Å². The monoisotopic (exact) mass is 306 g/mol. The van der Waals surface area contributed by atoms with Crippen molar-refractivity contribution in [3.8, 4) is 0 Å². The van der Waals surface area contributed by atoms with E-state index in [4.69, 9.17) is 11.6 Å². The normalized spacial score (nSPS) is 30.7. The average molecular weight is 307 g/mol. The molecule has 21 heavy (non-hydrogen) atoms. The third-order valence-corrected chi connectivity index (χ3v) is 5.83. The van der Waals surface area contributed by atoms with Crippen LogP contribution in [0.5, 0.6) is 0 Å². The maximum Gasteiger partial charge on any atom is 0.0602 e. The maximum atomic E-state index is 6.54. The van der Waals surface area contributed by atoms with E-state index in [-0.39, 0.29) is 5.54 Å². The van der Waals surface area contributed by atoms with Gasteiger partial charge in [-0.15, -0.1) is 0 Å². The summed E-state index contributed by atoms with van der Waals surface area (Å²) in [6.45, 7) is 0. The number of halogens is 1. The smallest absolute Gasteiger partial charge is 0.0602 e. The molecule has 2 aliphatic carbocycles. The summed E-state index contributed by atoms with van der Waals surface area (Å²) in [7, 11) is 2.10. The van der Waals surface area contributed by atoms with E-state index in [9.17, 15) is 0 Å². The van der Waals surface area contributed by atoms with Gasteiger partial charge in [-0.3, -0.25) is 0 Å². The second kappa shape index (κ2) is 6.68. The van der Waals surface area contributed by atoms with Crippen LogP contribution in [-0.2, 0) is 5.54 Å². The molecule has 3 rings (SSSR count). The van der Waals surface area contributed by atoms with Gasteiger partial charge in [-0.25, -0.2) is 0 Å². The van der Waals surface area contributed by atoms with Crippen LogP contribution in [0.3, 0.4) is 0 Å². The van der Waals surface area contributed by atoms with Crippen molar-refractivity contribution in [2.75, 3.05) is 7.05 Å². The van der Waals surface area contributed by atoms with Crippen molar-refractivity contribution >= 4 is 11.6 Å². The van der Waals surface area contributed by atoms with Crippen molar-refractivity contribution < 1.29 is 0 Å². The van der Waals surface area contributed by atoms with Crippen LogP contribution in [0.15, 0.2) is 24.3 Å². The SMILES string of the molecule is CN[C@@]1(c2ccccc2Cl)CCCC[C@@H]1NC1CCCC1. The fourth-order valence-electron chi connectivity index (χ4n) is 4.35. The molecule has 2 fully saturated rings. The second-order valence-corrected chi connectivity index (χ2v) is 7.05. The molecule has 0 saturated heterocycles. The van der Waals surface area contributed by atoms with Gasteiger partial charge < -0.3 is 10.6 Å². The summed E-state index contributed by atoms with van der Waals surface area (Å²) in [4.78, 5) is 0. The predicted molar refractivity (Wildman–Crippen MR) is 89.8 cm³/mol. The molecule has 0 aromatic heterocycles. The van der Waals surface area contributed by atoms with Gasteiger partial charge in [0.05, 0.1) is 5.54 Å². The van der Waals surface area contributed by atoms with Crippen molar-refractivity contribution in [2.45, 2.75) is 69.0 Å². The van der Waals surface area contributed by atoms with E-state index in [2.05, 4.69) is 29.8 Å². The number of nitrogens with one attached hydrogen (secondary N) is 2. The molecular formula is C18H27ClN2. The zero-order valence-electron chi connectivity index (χ0n) is 13.0. The zero-order chi connectivity index (χ0) is 14.7. The van der Waals surface area contributed by atoms with E-state index in [0.717, 1.165) is 11.4 Å². The topological polar surface area (TPSA) is 24.1 Å². The van der Waals surface area contributed by atoms with Crippen LogP contribution in [0.25, 0.3) is 0 Å². The molecule has 116 valence electrons. The minimum Gasteiger partial charge on any atom is -0.309 e. The Morgan fingerprint density at radius 3 is 2.48 bits per heavy atom. The molecule has 0 unspecified atom stereocenters. The maximum absolute atomic E-state index is 6.54. The molecule has 0 amide bonds. The van der Waals surface area contributed by atoms with Crippen molar-refractivity contribution in [3.63, 3.8) is 0 Å². The molecule has 1 aromatic rings. The van der Waals surface area contributed by atoms with E-state index in [1.807, 2.05) is 12.1 Å². The molecule has 2 aliphatic rings. The quantitative estimate of drug-likeness (QED) is 0.870. The standard InChI is InChI=1S/C18H27ClN2/c1-20-18(15-10-4-5-11-16(15)19)13-7-6-12-17(18)21-14-8-2-3-9-14/h4-5,10-11,14,17,20-21H,2-3,6-9,12-13H2,1H3/t17-,18+/m0/s1. The van der Waals surface area contributed by atoms with Gasteiger partial charge in [0.2, 0.25) is 0 Å². The lowest BCUT2D eigenvalue weighted by molar-refractivity contribution is 0.165.